The van der Waals surface area contributed by atoms with Gasteiger partial charge in [-0.2, -0.15) is 0 Å². The molecular formula is C15H22N2O3. The van der Waals surface area contributed by atoms with Crippen LogP contribution in [0.3, 0.4) is 0 Å². The van der Waals surface area contributed by atoms with Crippen molar-refractivity contribution < 1.29 is 14.7 Å². The van der Waals surface area contributed by atoms with Crippen molar-refractivity contribution in [1.82, 2.24) is 10.2 Å². The van der Waals surface area contributed by atoms with Crippen LogP contribution in [0, 0.1) is 0 Å². The maximum absolute atomic E-state index is 11.8. The Morgan fingerprint density at radius 3 is 2.30 bits per heavy atom. The van der Waals surface area contributed by atoms with Gasteiger partial charge in [0.1, 0.15) is 0 Å². The van der Waals surface area contributed by atoms with Crippen molar-refractivity contribution in [3.05, 3.63) is 35.4 Å². The predicted octanol–water partition coefficient (Wildman–Crippen LogP) is 1.27. The van der Waals surface area contributed by atoms with Crippen molar-refractivity contribution in [3.63, 3.8) is 0 Å². The van der Waals surface area contributed by atoms with Gasteiger partial charge in [0.2, 0.25) is 5.91 Å². The number of aliphatic carboxylic acids is 1. The third-order valence-corrected chi connectivity index (χ3v) is 3.17. The highest BCUT2D eigenvalue weighted by Crippen LogP contribution is 2.09. The molecule has 0 aliphatic heterocycles. The van der Waals surface area contributed by atoms with Gasteiger partial charge in [-0.05, 0) is 25.0 Å². The number of hydrogen-bond donors (Lipinski definition) is 2. The van der Waals surface area contributed by atoms with Crippen LogP contribution in [-0.2, 0) is 22.6 Å². The summed E-state index contributed by atoms with van der Waals surface area (Å²) in [6.07, 6.45) is 0.00183. The average Bonchev–Trinajstić information content (AvgIpc) is 2.41. The van der Waals surface area contributed by atoms with Gasteiger partial charge in [0, 0.05) is 19.6 Å². The van der Waals surface area contributed by atoms with E-state index in [4.69, 9.17) is 5.11 Å². The number of rotatable bonds is 8. The second-order valence-electron chi connectivity index (χ2n) is 4.51. The molecule has 0 saturated heterocycles. The zero-order chi connectivity index (χ0) is 15.0. The van der Waals surface area contributed by atoms with Crippen LogP contribution in [0.25, 0.3) is 0 Å². The molecule has 110 valence electrons. The minimum absolute atomic E-state index is 0.00183. The Bertz CT molecular complexity index is 456. The third-order valence-electron chi connectivity index (χ3n) is 3.17. The SMILES string of the molecule is CCN(CC)C(=O)CNCc1ccccc1CC(=O)O. The highest BCUT2D eigenvalue weighted by Gasteiger charge is 2.10. The monoisotopic (exact) mass is 278 g/mol. The van der Waals surface area contributed by atoms with Crippen LogP contribution in [0.1, 0.15) is 25.0 Å². The van der Waals surface area contributed by atoms with Gasteiger partial charge in [0.05, 0.1) is 13.0 Å². The summed E-state index contributed by atoms with van der Waals surface area (Å²) in [4.78, 5) is 24.4. The number of carbonyl (C=O) groups excluding carboxylic acids is 1. The van der Waals surface area contributed by atoms with Gasteiger partial charge < -0.3 is 15.3 Å². The number of nitrogens with zero attached hydrogens (tertiary/aromatic N) is 1. The largest absolute Gasteiger partial charge is 0.481 e. The summed E-state index contributed by atoms with van der Waals surface area (Å²) in [6, 6.07) is 7.38. The van der Waals surface area contributed by atoms with Gasteiger partial charge in [0.15, 0.2) is 0 Å². The summed E-state index contributed by atoms with van der Waals surface area (Å²) in [5, 5.41) is 11.9. The maximum Gasteiger partial charge on any atom is 0.307 e. The van der Waals surface area contributed by atoms with Crippen molar-refractivity contribution in [3.8, 4) is 0 Å². The molecule has 0 aromatic heterocycles. The maximum atomic E-state index is 11.8. The zero-order valence-electron chi connectivity index (χ0n) is 12.1. The highest BCUT2D eigenvalue weighted by atomic mass is 16.4. The molecule has 5 heteroatoms. The molecule has 0 aliphatic rings. The molecular weight excluding hydrogens is 256 g/mol. The first-order valence-corrected chi connectivity index (χ1v) is 6.85. The van der Waals surface area contributed by atoms with Gasteiger partial charge in [-0.3, -0.25) is 9.59 Å². The van der Waals surface area contributed by atoms with E-state index in [-0.39, 0.29) is 18.9 Å². The number of carboxylic acids is 1. The molecule has 0 spiro atoms. The molecule has 5 nitrogen and oxygen atoms in total. The minimum atomic E-state index is -0.850. The molecule has 0 radical (unpaired) electrons. The van der Waals surface area contributed by atoms with Gasteiger partial charge >= 0.3 is 5.97 Å². The number of nitrogens with one attached hydrogen (secondary N) is 1. The van der Waals surface area contributed by atoms with Crippen molar-refractivity contribution in [2.75, 3.05) is 19.6 Å². The molecule has 2 N–H and O–H groups in total. The fraction of sp³-hybridized carbons (Fsp3) is 0.467. The molecule has 20 heavy (non-hydrogen) atoms. The van der Waals surface area contributed by atoms with Crippen LogP contribution in [0.5, 0.6) is 0 Å². The first kappa shape index (κ1) is 16.2. The van der Waals surface area contributed by atoms with Crippen molar-refractivity contribution in [2.45, 2.75) is 26.8 Å². The van der Waals surface area contributed by atoms with Crippen LogP contribution in [0.15, 0.2) is 24.3 Å². The van der Waals surface area contributed by atoms with Gasteiger partial charge in [-0.15, -0.1) is 0 Å². The Morgan fingerprint density at radius 1 is 1.15 bits per heavy atom. The highest BCUT2D eigenvalue weighted by molar-refractivity contribution is 5.78. The number of carboxylic acid groups (broad SMARTS) is 1. The Morgan fingerprint density at radius 2 is 1.75 bits per heavy atom. The molecule has 0 aliphatic carbocycles. The molecule has 0 bridgehead atoms. The number of amides is 1. The second-order valence-corrected chi connectivity index (χ2v) is 4.51. The lowest BCUT2D eigenvalue weighted by molar-refractivity contribution is -0.136. The molecule has 1 rings (SSSR count). The van der Waals surface area contributed by atoms with Crippen LogP contribution in [-0.4, -0.2) is 41.5 Å². The summed E-state index contributed by atoms with van der Waals surface area (Å²) in [5.41, 5.74) is 1.70. The normalized spacial score (nSPS) is 10.3. The van der Waals surface area contributed by atoms with Crippen LogP contribution < -0.4 is 5.32 Å². The quantitative estimate of drug-likeness (QED) is 0.751. The smallest absolute Gasteiger partial charge is 0.307 e. The fourth-order valence-corrected chi connectivity index (χ4v) is 2.06. The van der Waals surface area contributed by atoms with Crippen molar-refractivity contribution >= 4 is 11.9 Å². The molecule has 1 amide bonds. The van der Waals surface area contributed by atoms with Crippen LogP contribution in [0.2, 0.25) is 0 Å². The summed E-state index contributed by atoms with van der Waals surface area (Å²) in [6.45, 7) is 6.06. The molecule has 0 heterocycles. The van der Waals surface area contributed by atoms with E-state index in [9.17, 15) is 9.59 Å². The average molecular weight is 278 g/mol. The molecule has 1 aromatic rings. The van der Waals surface area contributed by atoms with Crippen LogP contribution >= 0.6 is 0 Å². The molecule has 0 atom stereocenters. The summed E-state index contributed by atoms with van der Waals surface area (Å²) < 4.78 is 0. The lowest BCUT2D eigenvalue weighted by Gasteiger charge is -2.19. The first-order chi connectivity index (χ1) is 9.58. The van der Waals surface area contributed by atoms with Gasteiger partial charge in [0.25, 0.3) is 0 Å². The predicted molar refractivity (Wildman–Crippen MR) is 77.4 cm³/mol. The van der Waals surface area contributed by atoms with E-state index >= 15 is 0 Å². The van der Waals surface area contributed by atoms with E-state index < -0.39 is 5.97 Å². The number of hydrogen-bond acceptors (Lipinski definition) is 3. The fourth-order valence-electron chi connectivity index (χ4n) is 2.06. The van der Waals surface area contributed by atoms with E-state index in [0.29, 0.717) is 19.6 Å². The van der Waals surface area contributed by atoms with E-state index in [1.54, 1.807) is 11.0 Å². The Labute approximate surface area is 119 Å². The molecule has 0 fully saturated rings. The van der Waals surface area contributed by atoms with Gasteiger partial charge in [-0.1, -0.05) is 24.3 Å². The molecule has 1 aromatic carbocycles. The standard InChI is InChI=1S/C15H22N2O3/c1-3-17(4-2)14(18)11-16-10-13-8-6-5-7-12(13)9-15(19)20/h5-8,16H,3-4,9-11H2,1-2H3,(H,19,20). The van der Waals surface area contributed by atoms with Crippen molar-refractivity contribution in [2.24, 2.45) is 0 Å². The molecule has 0 unspecified atom stereocenters. The van der Waals surface area contributed by atoms with E-state index in [0.717, 1.165) is 11.1 Å². The van der Waals surface area contributed by atoms with Crippen LogP contribution in [0.4, 0.5) is 0 Å². The second kappa shape index (κ2) is 8.32. The number of benzene rings is 1. The van der Waals surface area contributed by atoms with Crippen molar-refractivity contribution in [1.29, 1.82) is 0 Å². The Kier molecular flexibility index (Phi) is 6.73. The molecule has 0 saturated carbocycles. The summed E-state index contributed by atoms with van der Waals surface area (Å²) in [7, 11) is 0. The summed E-state index contributed by atoms with van der Waals surface area (Å²) in [5.74, 6) is -0.789. The third kappa shape index (κ3) is 5.01. The van der Waals surface area contributed by atoms with E-state index in [1.165, 1.54) is 0 Å². The van der Waals surface area contributed by atoms with E-state index in [1.807, 2.05) is 32.0 Å². The number of carbonyl (C=O) groups is 2. The first-order valence-electron chi connectivity index (χ1n) is 6.85. The summed E-state index contributed by atoms with van der Waals surface area (Å²) >= 11 is 0. The minimum Gasteiger partial charge on any atom is -0.481 e. The topological polar surface area (TPSA) is 69.6 Å². The van der Waals surface area contributed by atoms with E-state index in [2.05, 4.69) is 5.32 Å². The lowest BCUT2D eigenvalue weighted by atomic mass is 10.0. The number of likely N-dealkylation sites (N-methyl/N-ethyl adjacent to an activating group) is 1. The Hall–Kier alpha value is -1.88. The zero-order valence-corrected chi connectivity index (χ0v) is 12.1. The van der Waals surface area contributed by atoms with Gasteiger partial charge in [-0.25, -0.2) is 0 Å². The lowest BCUT2D eigenvalue weighted by Crippen LogP contribution is -2.37. The Balaban J connectivity index is 2.53.